The minimum absolute atomic E-state index is 0.630. The molecule has 0 saturated carbocycles. The Kier molecular flexibility index (Phi) is 2.87. The van der Waals surface area contributed by atoms with Crippen LogP contribution in [0, 0.1) is 0 Å². The lowest BCUT2D eigenvalue weighted by atomic mass is 9.97. The van der Waals surface area contributed by atoms with Gasteiger partial charge in [-0.2, -0.15) is 0 Å². The molecule has 1 aliphatic carbocycles. The van der Waals surface area contributed by atoms with Crippen LogP contribution in [0.2, 0.25) is 0 Å². The van der Waals surface area contributed by atoms with E-state index in [1.165, 1.54) is 24.1 Å². The number of allylic oxidation sites excluding steroid dienone is 2. The van der Waals surface area contributed by atoms with Crippen LogP contribution in [0.5, 0.6) is 0 Å². The molecule has 2 rings (SSSR count). The van der Waals surface area contributed by atoms with E-state index in [1.54, 1.807) is 0 Å². The average Bonchev–Trinajstić information content (AvgIpc) is 2.72. The summed E-state index contributed by atoms with van der Waals surface area (Å²) in [5.74, 6) is 0.630. The molecule has 1 N–H and O–H groups in total. The van der Waals surface area contributed by atoms with E-state index in [4.69, 9.17) is 0 Å². The van der Waals surface area contributed by atoms with Crippen molar-refractivity contribution in [1.82, 2.24) is 0 Å². The maximum absolute atomic E-state index is 3.42. The minimum Gasteiger partial charge on any atom is -0.385 e. The summed E-state index contributed by atoms with van der Waals surface area (Å²) >= 11 is 0. The summed E-state index contributed by atoms with van der Waals surface area (Å²) in [7, 11) is 0. The van der Waals surface area contributed by atoms with E-state index in [0.29, 0.717) is 5.92 Å². The number of rotatable bonds is 3. The van der Waals surface area contributed by atoms with Gasteiger partial charge in [0.1, 0.15) is 0 Å². The topological polar surface area (TPSA) is 12.0 Å². The van der Waals surface area contributed by atoms with Crippen molar-refractivity contribution >= 4 is 5.69 Å². The van der Waals surface area contributed by atoms with Gasteiger partial charge >= 0.3 is 0 Å². The fraction of sp³-hybridized carbons (Fsp3) is 0.385. The molecule has 0 aliphatic heterocycles. The van der Waals surface area contributed by atoms with E-state index >= 15 is 0 Å². The van der Waals surface area contributed by atoms with Crippen LogP contribution in [0.3, 0.4) is 0 Å². The number of hydrogen-bond acceptors (Lipinski definition) is 1. The molecule has 1 unspecified atom stereocenters. The first kappa shape index (κ1) is 9.32. The van der Waals surface area contributed by atoms with E-state index in [1.807, 2.05) is 0 Å². The quantitative estimate of drug-likeness (QED) is 0.713. The summed E-state index contributed by atoms with van der Waals surface area (Å²) in [6, 6.07) is 8.63. The maximum Gasteiger partial charge on any atom is 0.0378 e. The maximum atomic E-state index is 3.42. The van der Waals surface area contributed by atoms with Crippen molar-refractivity contribution in [3.63, 3.8) is 0 Å². The first-order valence-electron chi connectivity index (χ1n) is 5.41. The minimum atomic E-state index is 0.630. The summed E-state index contributed by atoms with van der Waals surface area (Å²) < 4.78 is 0. The second-order valence-electron chi connectivity index (χ2n) is 3.73. The molecule has 0 amide bonds. The first-order chi connectivity index (χ1) is 6.92. The fourth-order valence-corrected chi connectivity index (χ4v) is 2.06. The number of para-hydroxylation sites is 1. The highest BCUT2D eigenvalue weighted by atomic mass is 14.9. The van der Waals surface area contributed by atoms with Crippen LogP contribution in [0.15, 0.2) is 36.4 Å². The predicted octanol–water partition coefficient (Wildman–Crippen LogP) is 3.55. The second kappa shape index (κ2) is 4.32. The van der Waals surface area contributed by atoms with Crippen LogP contribution in [0.1, 0.15) is 31.2 Å². The Morgan fingerprint density at radius 2 is 2.21 bits per heavy atom. The summed E-state index contributed by atoms with van der Waals surface area (Å²) in [5, 5.41) is 3.42. The molecule has 0 bridgehead atoms. The molecule has 1 atom stereocenters. The van der Waals surface area contributed by atoms with Gasteiger partial charge in [-0.05, 0) is 31.4 Å². The van der Waals surface area contributed by atoms with Crippen molar-refractivity contribution in [3.05, 3.63) is 42.0 Å². The molecule has 0 fully saturated rings. The van der Waals surface area contributed by atoms with Crippen LogP contribution >= 0.6 is 0 Å². The Labute approximate surface area is 85.8 Å². The Hall–Kier alpha value is -1.24. The van der Waals surface area contributed by atoms with Crippen molar-refractivity contribution in [2.24, 2.45) is 0 Å². The van der Waals surface area contributed by atoms with Gasteiger partial charge in [-0.1, -0.05) is 30.4 Å². The third-order valence-corrected chi connectivity index (χ3v) is 2.74. The van der Waals surface area contributed by atoms with Gasteiger partial charge < -0.3 is 5.32 Å². The molecule has 0 radical (unpaired) electrons. The average molecular weight is 187 g/mol. The lowest BCUT2D eigenvalue weighted by molar-refractivity contribution is 0.801. The van der Waals surface area contributed by atoms with E-state index in [-0.39, 0.29) is 0 Å². The molecule has 0 saturated heterocycles. The summed E-state index contributed by atoms with van der Waals surface area (Å²) in [6.07, 6.45) is 7.11. The zero-order valence-electron chi connectivity index (χ0n) is 8.66. The Morgan fingerprint density at radius 1 is 1.36 bits per heavy atom. The summed E-state index contributed by atoms with van der Waals surface area (Å²) in [5.41, 5.74) is 2.75. The predicted molar refractivity (Wildman–Crippen MR) is 61.7 cm³/mol. The third kappa shape index (κ3) is 1.82. The lowest BCUT2D eigenvalue weighted by Gasteiger charge is -2.14. The Balaban J connectivity index is 2.26. The smallest absolute Gasteiger partial charge is 0.0378 e. The van der Waals surface area contributed by atoms with Gasteiger partial charge in [0, 0.05) is 18.2 Å². The lowest BCUT2D eigenvalue weighted by Crippen LogP contribution is -2.02. The van der Waals surface area contributed by atoms with E-state index < -0.39 is 0 Å². The molecule has 1 aromatic carbocycles. The Morgan fingerprint density at radius 3 is 2.93 bits per heavy atom. The van der Waals surface area contributed by atoms with Crippen LogP contribution in [0.25, 0.3) is 0 Å². The van der Waals surface area contributed by atoms with Gasteiger partial charge in [0.25, 0.3) is 0 Å². The SMILES string of the molecule is CCNc1ccccc1C1C=CCC1. The van der Waals surface area contributed by atoms with E-state index in [9.17, 15) is 0 Å². The van der Waals surface area contributed by atoms with Crippen molar-refractivity contribution in [2.75, 3.05) is 11.9 Å². The van der Waals surface area contributed by atoms with Gasteiger partial charge in [0.15, 0.2) is 0 Å². The number of benzene rings is 1. The zero-order valence-corrected chi connectivity index (χ0v) is 8.66. The largest absolute Gasteiger partial charge is 0.385 e. The second-order valence-corrected chi connectivity index (χ2v) is 3.73. The standard InChI is InChI=1S/C13H17N/c1-2-14-13-10-6-5-9-12(13)11-7-3-4-8-11/h3,5-7,9-11,14H,2,4,8H2,1H3. The highest BCUT2D eigenvalue weighted by molar-refractivity contribution is 5.54. The molecule has 1 nitrogen and oxygen atoms in total. The number of nitrogens with one attached hydrogen (secondary N) is 1. The molecule has 0 spiro atoms. The molecular formula is C13H17N. The van der Waals surface area contributed by atoms with Crippen LogP contribution in [-0.2, 0) is 0 Å². The van der Waals surface area contributed by atoms with Gasteiger partial charge in [0.05, 0.1) is 0 Å². The van der Waals surface area contributed by atoms with Crippen LogP contribution in [0.4, 0.5) is 5.69 Å². The van der Waals surface area contributed by atoms with Gasteiger partial charge in [-0.3, -0.25) is 0 Å². The van der Waals surface area contributed by atoms with Crippen LogP contribution < -0.4 is 5.32 Å². The van der Waals surface area contributed by atoms with Crippen molar-refractivity contribution in [2.45, 2.75) is 25.7 Å². The monoisotopic (exact) mass is 187 g/mol. The van der Waals surface area contributed by atoms with Crippen molar-refractivity contribution < 1.29 is 0 Å². The number of anilines is 1. The molecule has 1 heteroatoms. The van der Waals surface area contributed by atoms with Crippen LogP contribution in [-0.4, -0.2) is 6.54 Å². The third-order valence-electron chi connectivity index (χ3n) is 2.74. The molecule has 1 aliphatic rings. The highest BCUT2D eigenvalue weighted by Crippen LogP contribution is 2.32. The Bertz CT molecular complexity index is 328. The van der Waals surface area contributed by atoms with Gasteiger partial charge in [-0.25, -0.2) is 0 Å². The summed E-state index contributed by atoms with van der Waals surface area (Å²) in [6.45, 7) is 3.13. The molecular weight excluding hydrogens is 170 g/mol. The molecule has 0 heterocycles. The first-order valence-corrected chi connectivity index (χ1v) is 5.41. The molecule has 14 heavy (non-hydrogen) atoms. The van der Waals surface area contributed by atoms with Gasteiger partial charge in [0.2, 0.25) is 0 Å². The van der Waals surface area contributed by atoms with E-state index in [0.717, 1.165) is 6.54 Å². The van der Waals surface area contributed by atoms with Gasteiger partial charge in [-0.15, -0.1) is 0 Å². The zero-order chi connectivity index (χ0) is 9.80. The highest BCUT2D eigenvalue weighted by Gasteiger charge is 2.14. The molecule has 74 valence electrons. The molecule has 0 aromatic heterocycles. The van der Waals surface area contributed by atoms with Crippen molar-refractivity contribution in [3.8, 4) is 0 Å². The molecule has 1 aromatic rings. The van der Waals surface area contributed by atoms with E-state index in [2.05, 4.69) is 48.7 Å². The van der Waals surface area contributed by atoms with Crippen molar-refractivity contribution in [1.29, 1.82) is 0 Å². The fourth-order valence-electron chi connectivity index (χ4n) is 2.06. The number of hydrogen-bond donors (Lipinski definition) is 1. The summed E-state index contributed by atoms with van der Waals surface area (Å²) in [4.78, 5) is 0. The normalized spacial score (nSPS) is 19.9.